The first-order valence-corrected chi connectivity index (χ1v) is 6.82. The first-order chi connectivity index (χ1) is 9.86. The standard InChI is InChI=1S/C17H18F3N/c1-12-4-3-5-14(10-12)11-21-13(2)15-6-8-16(9-7-15)17(18,19)20/h3-10,13,21H,11H2,1-2H3. The number of hydrogen-bond acceptors (Lipinski definition) is 1. The predicted molar refractivity (Wildman–Crippen MR) is 77.9 cm³/mol. The zero-order chi connectivity index (χ0) is 15.5. The van der Waals surface area contributed by atoms with E-state index in [1.165, 1.54) is 17.7 Å². The second-order valence-electron chi connectivity index (χ2n) is 5.21. The van der Waals surface area contributed by atoms with Gasteiger partial charge in [-0.1, -0.05) is 42.0 Å². The molecule has 2 aromatic rings. The van der Waals surface area contributed by atoms with Crippen LogP contribution in [-0.2, 0) is 12.7 Å². The lowest BCUT2D eigenvalue weighted by Gasteiger charge is -2.15. The third-order valence-corrected chi connectivity index (χ3v) is 3.43. The number of nitrogens with one attached hydrogen (secondary N) is 1. The first-order valence-electron chi connectivity index (χ1n) is 6.82. The van der Waals surface area contributed by atoms with Gasteiger partial charge in [-0.25, -0.2) is 0 Å². The molecule has 0 saturated carbocycles. The van der Waals surface area contributed by atoms with Crippen LogP contribution in [0.15, 0.2) is 48.5 Å². The zero-order valence-electron chi connectivity index (χ0n) is 12.0. The van der Waals surface area contributed by atoms with Crippen LogP contribution in [0.25, 0.3) is 0 Å². The molecule has 0 fully saturated rings. The van der Waals surface area contributed by atoms with Crippen molar-refractivity contribution in [3.05, 3.63) is 70.8 Å². The SMILES string of the molecule is Cc1cccc(CNC(C)c2ccc(C(F)(F)F)cc2)c1. The fraction of sp³-hybridized carbons (Fsp3) is 0.294. The van der Waals surface area contributed by atoms with Gasteiger partial charge >= 0.3 is 6.18 Å². The van der Waals surface area contributed by atoms with E-state index in [9.17, 15) is 13.2 Å². The molecule has 0 radical (unpaired) electrons. The Balaban J connectivity index is 1.99. The normalized spacial score (nSPS) is 13.2. The van der Waals surface area contributed by atoms with Crippen molar-refractivity contribution in [1.29, 1.82) is 0 Å². The molecule has 112 valence electrons. The van der Waals surface area contributed by atoms with E-state index in [0.29, 0.717) is 6.54 Å². The third-order valence-electron chi connectivity index (χ3n) is 3.43. The smallest absolute Gasteiger partial charge is 0.306 e. The zero-order valence-corrected chi connectivity index (χ0v) is 12.0. The number of alkyl halides is 3. The van der Waals surface area contributed by atoms with E-state index in [1.807, 2.05) is 32.0 Å². The Morgan fingerprint density at radius 3 is 2.29 bits per heavy atom. The Bertz CT molecular complexity index is 588. The maximum atomic E-state index is 12.5. The van der Waals surface area contributed by atoms with Crippen LogP contribution in [-0.4, -0.2) is 0 Å². The summed E-state index contributed by atoms with van der Waals surface area (Å²) in [6.45, 7) is 4.66. The summed E-state index contributed by atoms with van der Waals surface area (Å²) >= 11 is 0. The summed E-state index contributed by atoms with van der Waals surface area (Å²) in [5.74, 6) is 0. The summed E-state index contributed by atoms with van der Waals surface area (Å²) in [5.41, 5.74) is 2.58. The van der Waals surface area contributed by atoms with Crippen LogP contribution in [0.3, 0.4) is 0 Å². The number of halogens is 3. The molecule has 0 spiro atoms. The Morgan fingerprint density at radius 2 is 1.71 bits per heavy atom. The largest absolute Gasteiger partial charge is 0.416 e. The van der Waals surface area contributed by atoms with Crippen LogP contribution in [0.5, 0.6) is 0 Å². The van der Waals surface area contributed by atoms with Gasteiger partial charge < -0.3 is 5.32 Å². The Morgan fingerprint density at radius 1 is 1.05 bits per heavy atom. The summed E-state index contributed by atoms with van der Waals surface area (Å²) in [5, 5.41) is 3.32. The van der Waals surface area contributed by atoms with Gasteiger partial charge in [-0.05, 0) is 37.1 Å². The molecule has 0 aromatic heterocycles. The van der Waals surface area contributed by atoms with E-state index in [0.717, 1.165) is 23.3 Å². The van der Waals surface area contributed by atoms with Gasteiger partial charge in [0, 0.05) is 12.6 Å². The van der Waals surface area contributed by atoms with E-state index in [-0.39, 0.29) is 6.04 Å². The van der Waals surface area contributed by atoms with Crippen molar-refractivity contribution in [2.24, 2.45) is 0 Å². The molecule has 0 aliphatic heterocycles. The van der Waals surface area contributed by atoms with Gasteiger partial charge in [-0.15, -0.1) is 0 Å². The Labute approximate surface area is 122 Å². The fourth-order valence-electron chi connectivity index (χ4n) is 2.17. The monoisotopic (exact) mass is 293 g/mol. The minimum atomic E-state index is -4.28. The van der Waals surface area contributed by atoms with E-state index in [1.54, 1.807) is 0 Å². The number of rotatable bonds is 4. The van der Waals surface area contributed by atoms with Crippen LogP contribution in [0, 0.1) is 6.92 Å². The van der Waals surface area contributed by atoms with Gasteiger partial charge in [0.05, 0.1) is 5.56 Å². The highest BCUT2D eigenvalue weighted by molar-refractivity contribution is 5.27. The fourth-order valence-corrected chi connectivity index (χ4v) is 2.17. The first kappa shape index (κ1) is 15.6. The molecule has 0 bridgehead atoms. The lowest BCUT2D eigenvalue weighted by atomic mass is 10.1. The van der Waals surface area contributed by atoms with Gasteiger partial charge in [0.15, 0.2) is 0 Å². The predicted octanol–water partition coefficient (Wildman–Crippen LogP) is 4.86. The molecule has 0 saturated heterocycles. The topological polar surface area (TPSA) is 12.0 Å². The van der Waals surface area contributed by atoms with Crippen molar-refractivity contribution in [3.63, 3.8) is 0 Å². The maximum Gasteiger partial charge on any atom is 0.416 e. The van der Waals surface area contributed by atoms with Crippen molar-refractivity contribution >= 4 is 0 Å². The molecule has 1 unspecified atom stereocenters. The molecular weight excluding hydrogens is 275 g/mol. The van der Waals surface area contributed by atoms with Gasteiger partial charge in [0.25, 0.3) is 0 Å². The van der Waals surface area contributed by atoms with Crippen LogP contribution >= 0.6 is 0 Å². The second kappa shape index (κ2) is 6.31. The molecule has 2 rings (SSSR count). The molecule has 21 heavy (non-hydrogen) atoms. The summed E-state index contributed by atoms with van der Waals surface area (Å²) < 4.78 is 37.5. The quantitative estimate of drug-likeness (QED) is 0.848. The highest BCUT2D eigenvalue weighted by atomic mass is 19.4. The summed E-state index contributed by atoms with van der Waals surface area (Å²) in [6.07, 6.45) is -4.28. The van der Waals surface area contributed by atoms with Crippen molar-refractivity contribution in [1.82, 2.24) is 5.32 Å². The highest BCUT2D eigenvalue weighted by Gasteiger charge is 2.30. The summed E-state index contributed by atoms with van der Waals surface area (Å²) in [4.78, 5) is 0. The van der Waals surface area contributed by atoms with E-state index < -0.39 is 11.7 Å². The highest BCUT2D eigenvalue weighted by Crippen LogP contribution is 2.29. The van der Waals surface area contributed by atoms with Crippen molar-refractivity contribution in [2.75, 3.05) is 0 Å². The average molecular weight is 293 g/mol. The summed E-state index contributed by atoms with van der Waals surface area (Å²) in [7, 11) is 0. The molecule has 0 aliphatic rings. The molecule has 0 aliphatic carbocycles. The molecule has 0 heterocycles. The van der Waals surface area contributed by atoms with Gasteiger partial charge in [0.2, 0.25) is 0 Å². The molecular formula is C17H18F3N. The average Bonchev–Trinajstić information content (AvgIpc) is 2.44. The number of benzene rings is 2. The van der Waals surface area contributed by atoms with Crippen molar-refractivity contribution in [3.8, 4) is 0 Å². The minimum absolute atomic E-state index is 0.00667. The third kappa shape index (κ3) is 4.33. The lowest BCUT2D eigenvalue weighted by Crippen LogP contribution is -2.18. The number of aryl methyl sites for hydroxylation is 1. The van der Waals surface area contributed by atoms with Crippen LogP contribution in [0.4, 0.5) is 13.2 Å². The maximum absolute atomic E-state index is 12.5. The molecule has 1 nitrogen and oxygen atoms in total. The van der Waals surface area contributed by atoms with Crippen LogP contribution < -0.4 is 5.32 Å². The van der Waals surface area contributed by atoms with E-state index >= 15 is 0 Å². The molecule has 0 amide bonds. The molecule has 1 atom stereocenters. The second-order valence-corrected chi connectivity index (χ2v) is 5.21. The van der Waals surface area contributed by atoms with Gasteiger partial charge in [0.1, 0.15) is 0 Å². The van der Waals surface area contributed by atoms with Crippen LogP contribution in [0.1, 0.15) is 35.2 Å². The summed E-state index contributed by atoms with van der Waals surface area (Å²) in [6, 6.07) is 13.4. The van der Waals surface area contributed by atoms with Gasteiger partial charge in [-0.2, -0.15) is 13.2 Å². The number of hydrogen-bond donors (Lipinski definition) is 1. The van der Waals surface area contributed by atoms with Gasteiger partial charge in [-0.3, -0.25) is 0 Å². The molecule has 1 N–H and O–H groups in total. The van der Waals surface area contributed by atoms with Crippen LogP contribution in [0.2, 0.25) is 0 Å². The van der Waals surface area contributed by atoms with E-state index in [2.05, 4.69) is 11.4 Å². The minimum Gasteiger partial charge on any atom is -0.306 e. The van der Waals surface area contributed by atoms with E-state index in [4.69, 9.17) is 0 Å². The Kier molecular flexibility index (Phi) is 4.68. The van der Waals surface area contributed by atoms with Crippen molar-refractivity contribution < 1.29 is 13.2 Å². The van der Waals surface area contributed by atoms with Crippen molar-refractivity contribution in [2.45, 2.75) is 32.6 Å². The lowest BCUT2D eigenvalue weighted by molar-refractivity contribution is -0.137. The molecule has 2 aromatic carbocycles. The molecule has 4 heteroatoms. The Hall–Kier alpha value is -1.81.